The minimum Gasteiger partial charge on any atom is -0.347 e. The van der Waals surface area contributed by atoms with E-state index in [1.165, 1.54) is 60.3 Å². The van der Waals surface area contributed by atoms with Gasteiger partial charge in [0.05, 0.1) is 0 Å². The lowest BCUT2D eigenvalue weighted by atomic mass is 9.95. The van der Waals surface area contributed by atoms with Gasteiger partial charge in [-0.15, -0.1) is 0 Å². The van der Waals surface area contributed by atoms with E-state index in [0.29, 0.717) is 18.2 Å². The van der Waals surface area contributed by atoms with E-state index >= 15 is 0 Å². The molecule has 0 atom stereocenters. The van der Waals surface area contributed by atoms with E-state index in [9.17, 15) is 4.39 Å². The molecule has 2 aromatic heterocycles. The smallest absolute Gasteiger partial charge is 0.217 e. The molecule has 200 valence electrons. The number of rotatable bonds is 13. The number of aryl methyl sites for hydroxylation is 2. The van der Waals surface area contributed by atoms with E-state index in [4.69, 9.17) is 0 Å². The number of benzene rings is 2. The molecule has 0 aliphatic heterocycles. The van der Waals surface area contributed by atoms with Gasteiger partial charge in [-0.3, -0.25) is 4.90 Å². The van der Waals surface area contributed by atoms with Crippen molar-refractivity contribution in [3.05, 3.63) is 102 Å². The van der Waals surface area contributed by atoms with Crippen LogP contribution >= 0.6 is 0 Å². The molecule has 0 radical (unpaired) electrons. The summed E-state index contributed by atoms with van der Waals surface area (Å²) in [6.45, 7) is 4.31. The summed E-state index contributed by atoms with van der Waals surface area (Å²) in [5, 5.41) is 5.06. The van der Waals surface area contributed by atoms with Gasteiger partial charge in [-0.1, -0.05) is 73.9 Å². The fourth-order valence-electron chi connectivity index (χ4n) is 5.83. The summed E-state index contributed by atoms with van der Waals surface area (Å²) < 4.78 is 16.9. The molecule has 1 aliphatic rings. The highest BCUT2D eigenvalue weighted by Gasteiger charge is 2.16. The summed E-state index contributed by atoms with van der Waals surface area (Å²) in [6.07, 6.45) is 13.8. The molecule has 2 aromatic carbocycles. The van der Waals surface area contributed by atoms with Crippen LogP contribution in [0.15, 0.2) is 79.1 Å². The summed E-state index contributed by atoms with van der Waals surface area (Å²) in [7, 11) is 0. The Morgan fingerprint density at radius 2 is 1.66 bits per heavy atom. The zero-order chi connectivity index (χ0) is 26.0. The van der Waals surface area contributed by atoms with Gasteiger partial charge in [-0.25, -0.2) is 4.98 Å². The lowest BCUT2D eigenvalue weighted by molar-refractivity contribution is 0.246. The number of hydrogen-bond acceptors (Lipinski definition) is 3. The first-order valence-corrected chi connectivity index (χ1v) is 14.4. The van der Waals surface area contributed by atoms with Gasteiger partial charge in [0.15, 0.2) is 0 Å². The zero-order valence-electron chi connectivity index (χ0n) is 22.5. The SMILES string of the molecule is Fc1ncccc1CN(CCCCNC1CCCCC1)Cc1cn(CCc2ccccc2)c2ccccc12. The average molecular weight is 513 g/mol. The Kier molecular flexibility index (Phi) is 9.57. The van der Waals surface area contributed by atoms with Crippen LogP contribution in [-0.4, -0.2) is 33.6 Å². The zero-order valence-corrected chi connectivity index (χ0v) is 22.5. The molecule has 0 spiro atoms. The highest BCUT2D eigenvalue weighted by Crippen LogP contribution is 2.24. The quantitative estimate of drug-likeness (QED) is 0.153. The predicted octanol–water partition coefficient (Wildman–Crippen LogP) is 7.12. The van der Waals surface area contributed by atoms with E-state index in [0.717, 1.165) is 45.4 Å². The second-order valence-corrected chi connectivity index (χ2v) is 10.8. The molecule has 1 N–H and O–H groups in total. The van der Waals surface area contributed by atoms with Gasteiger partial charge in [-0.05, 0) is 68.5 Å². The van der Waals surface area contributed by atoms with Crippen molar-refractivity contribution in [2.24, 2.45) is 0 Å². The molecule has 4 nitrogen and oxygen atoms in total. The highest BCUT2D eigenvalue weighted by atomic mass is 19.1. The van der Waals surface area contributed by atoms with Gasteiger partial charge in [0, 0.05) is 54.5 Å². The molecule has 5 rings (SSSR count). The number of hydrogen-bond donors (Lipinski definition) is 1. The Balaban J connectivity index is 1.26. The Morgan fingerprint density at radius 1 is 0.868 bits per heavy atom. The number of halogens is 1. The van der Waals surface area contributed by atoms with Crippen LogP contribution in [0.1, 0.15) is 61.6 Å². The third kappa shape index (κ3) is 7.30. The first-order valence-electron chi connectivity index (χ1n) is 14.4. The maximum atomic E-state index is 14.5. The van der Waals surface area contributed by atoms with Crippen LogP contribution in [0, 0.1) is 5.95 Å². The molecular weight excluding hydrogens is 471 g/mol. The Bertz CT molecular complexity index is 1260. The average Bonchev–Trinajstić information content (AvgIpc) is 3.31. The second kappa shape index (κ2) is 13.7. The van der Waals surface area contributed by atoms with Gasteiger partial charge < -0.3 is 9.88 Å². The highest BCUT2D eigenvalue weighted by molar-refractivity contribution is 5.84. The van der Waals surface area contributed by atoms with Crippen LogP contribution < -0.4 is 5.32 Å². The van der Waals surface area contributed by atoms with Crippen molar-refractivity contribution in [2.75, 3.05) is 13.1 Å². The minimum atomic E-state index is -0.359. The summed E-state index contributed by atoms with van der Waals surface area (Å²) in [5.41, 5.74) is 4.59. The van der Waals surface area contributed by atoms with Gasteiger partial charge in [0.25, 0.3) is 0 Å². The maximum Gasteiger partial charge on any atom is 0.217 e. The summed E-state index contributed by atoms with van der Waals surface area (Å²) in [5.74, 6) is -0.359. The molecular formula is C33H41FN4. The van der Waals surface area contributed by atoms with Crippen LogP contribution in [0.5, 0.6) is 0 Å². The van der Waals surface area contributed by atoms with Crippen LogP contribution in [0.4, 0.5) is 4.39 Å². The van der Waals surface area contributed by atoms with Crippen molar-refractivity contribution < 1.29 is 4.39 Å². The Labute approximate surface area is 226 Å². The fraction of sp³-hybridized carbons (Fsp3) is 0.424. The van der Waals surface area contributed by atoms with Crippen molar-refractivity contribution in [3.63, 3.8) is 0 Å². The lowest BCUT2D eigenvalue weighted by Crippen LogP contribution is -2.32. The largest absolute Gasteiger partial charge is 0.347 e. The van der Waals surface area contributed by atoms with E-state index < -0.39 is 0 Å². The Hall–Kier alpha value is -3.02. The van der Waals surface area contributed by atoms with Gasteiger partial charge in [0.1, 0.15) is 0 Å². The van der Waals surface area contributed by atoms with E-state index in [1.54, 1.807) is 0 Å². The van der Waals surface area contributed by atoms with Crippen molar-refractivity contribution in [2.45, 2.75) is 77.0 Å². The minimum absolute atomic E-state index is 0.359. The number of fused-ring (bicyclic) bond motifs is 1. The monoisotopic (exact) mass is 512 g/mol. The molecule has 5 heteroatoms. The molecule has 1 fully saturated rings. The molecule has 2 heterocycles. The van der Waals surface area contributed by atoms with Crippen LogP contribution in [0.25, 0.3) is 10.9 Å². The third-order valence-corrected chi connectivity index (χ3v) is 7.92. The molecule has 0 unspecified atom stereocenters. The fourth-order valence-corrected chi connectivity index (χ4v) is 5.83. The van der Waals surface area contributed by atoms with Gasteiger partial charge in [-0.2, -0.15) is 4.39 Å². The van der Waals surface area contributed by atoms with E-state index in [2.05, 4.69) is 80.6 Å². The first kappa shape index (κ1) is 26.6. The number of aromatic nitrogens is 2. The molecule has 4 aromatic rings. The molecule has 0 saturated heterocycles. The summed E-state index contributed by atoms with van der Waals surface area (Å²) in [6, 6.07) is 23.7. The Morgan fingerprint density at radius 3 is 2.50 bits per heavy atom. The van der Waals surface area contributed by atoms with Crippen molar-refractivity contribution in [1.82, 2.24) is 19.8 Å². The van der Waals surface area contributed by atoms with Crippen LogP contribution in [0.3, 0.4) is 0 Å². The maximum absolute atomic E-state index is 14.5. The number of para-hydroxylation sites is 1. The molecule has 38 heavy (non-hydrogen) atoms. The second-order valence-electron chi connectivity index (χ2n) is 10.8. The number of nitrogens with zero attached hydrogens (tertiary/aromatic N) is 3. The van der Waals surface area contributed by atoms with Gasteiger partial charge in [0.2, 0.25) is 5.95 Å². The third-order valence-electron chi connectivity index (χ3n) is 7.92. The van der Waals surface area contributed by atoms with E-state index in [-0.39, 0.29) is 5.95 Å². The van der Waals surface area contributed by atoms with Crippen molar-refractivity contribution in [1.29, 1.82) is 0 Å². The lowest BCUT2D eigenvalue weighted by Gasteiger charge is -2.24. The van der Waals surface area contributed by atoms with Crippen LogP contribution in [0.2, 0.25) is 0 Å². The molecule has 0 amide bonds. The van der Waals surface area contributed by atoms with E-state index in [1.807, 2.05) is 12.1 Å². The standard InChI is InChI=1S/C33H41FN4/c34-33-28(14-11-21-36-33)24-37(22-10-9-20-35-30-15-5-2-6-16-30)25-29-26-38(32-18-8-7-17-31(29)32)23-19-27-12-3-1-4-13-27/h1,3-4,7-8,11-14,17-18,21,26,30,35H,2,5-6,9-10,15-16,19-20,22-25H2. The first-order chi connectivity index (χ1) is 18.8. The van der Waals surface area contributed by atoms with Crippen LogP contribution in [-0.2, 0) is 26.1 Å². The van der Waals surface area contributed by atoms with Crippen molar-refractivity contribution >= 4 is 10.9 Å². The summed E-state index contributed by atoms with van der Waals surface area (Å²) in [4.78, 5) is 6.29. The number of nitrogens with one attached hydrogen (secondary N) is 1. The molecule has 1 saturated carbocycles. The van der Waals surface area contributed by atoms with Crippen molar-refractivity contribution in [3.8, 4) is 0 Å². The summed E-state index contributed by atoms with van der Waals surface area (Å²) >= 11 is 0. The predicted molar refractivity (Wildman–Crippen MR) is 155 cm³/mol. The number of pyridine rings is 1. The topological polar surface area (TPSA) is 33.1 Å². The normalized spacial score (nSPS) is 14.5. The number of unbranched alkanes of at least 4 members (excludes halogenated alkanes) is 1. The van der Waals surface area contributed by atoms with Gasteiger partial charge >= 0.3 is 0 Å². The molecule has 1 aliphatic carbocycles. The molecule has 0 bridgehead atoms.